The Morgan fingerprint density at radius 2 is 1.43 bits per heavy atom. The molecule has 0 amide bonds. The van der Waals surface area contributed by atoms with E-state index in [1.807, 2.05) is 29.8 Å². The van der Waals surface area contributed by atoms with Crippen molar-refractivity contribution in [1.82, 2.24) is 9.55 Å². The second-order valence-electron chi connectivity index (χ2n) is 6.74. The van der Waals surface area contributed by atoms with E-state index in [9.17, 15) is 4.39 Å². The summed E-state index contributed by atoms with van der Waals surface area (Å²) in [6.45, 7) is 0. The van der Waals surface area contributed by atoms with E-state index in [2.05, 4.69) is 48.5 Å². The monoisotopic (exact) mass is 408 g/mol. The second kappa shape index (κ2) is 8.25. The Hall–Kier alpha value is -2.50. The Kier molecular flexibility index (Phi) is 5.55. The van der Waals surface area contributed by atoms with Crippen molar-refractivity contribution in [3.8, 4) is 0 Å². The molecule has 1 aromatic heterocycles. The lowest BCUT2D eigenvalue weighted by molar-refractivity contribution is 0.634. The molecule has 0 atom stereocenters. The Labute approximate surface area is 172 Å². The van der Waals surface area contributed by atoms with Crippen molar-refractivity contribution in [3.05, 3.63) is 100 Å². The van der Waals surface area contributed by atoms with E-state index in [1.165, 1.54) is 17.2 Å². The molecule has 0 radical (unpaired) electrons. The molecule has 142 valence electrons. The number of hydrogen-bond donors (Lipinski definition) is 1. The standard InChI is InChI=1S/C23H21FN2S2/c1-26-22(27)21-19(24)13-8-14-20(21)25-23(26)28(15-17-9-4-2-5-10-17)16-18-11-6-3-7-12-18/h2-14,28H,15-16H2,1H3. The van der Waals surface area contributed by atoms with Gasteiger partial charge in [-0.25, -0.2) is 9.37 Å². The maximum atomic E-state index is 14.3. The lowest BCUT2D eigenvalue weighted by Crippen LogP contribution is -2.08. The van der Waals surface area contributed by atoms with E-state index in [0.29, 0.717) is 15.5 Å². The molecule has 0 aliphatic rings. The summed E-state index contributed by atoms with van der Waals surface area (Å²) in [6.07, 6.45) is 0. The fourth-order valence-electron chi connectivity index (χ4n) is 3.35. The fourth-order valence-corrected chi connectivity index (χ4v) is 6.17. The van der Waals surface area contributed by atoms with Gasteiger partial charge in [-0.3, -0.25) is 0 Å². The van der Waals surface area contributed by atoms with Crippen LogP contribution in [0, 0.1) is 10.5 Å². The van der Waals surface area contributed by atoms with Crippen LogP contribution in [0.15, 0.2) is 84.0 Å². The molecule has 1 heterocycles. The van der Waals surface area contributed by atoms with Crippen LogP contribution < -0.4 is 0 Å². The van der Waals surface area contributed by atoms with E-state index in [0.717, 1.165) is 16.7 Å². The highest BCUT2D eigenvalue weighted by Crippen LogP contribution is 2.42. The highest BCUT2D eigenvalue weighted by atomic mass is 32.2. The van der Waals surface area contributed by atoms with E-state index in [4.69, 9.17) is 17.2 Å². The van der Waals surface area contributed by atoms with Gasteiger partial charge >= 0.3 is 0 Å². The van der Waals surface area contributed by atoms with Crippen molar-refractivity contribution in [3.63, 3.8) is 0 Å². The van der Waals surface area contributed by atoms with Crippen molar-refractivity contribution in [2.24, 2.45) is 7.05 Å². The molecular weight excluding hydrogens is 387 g/mol. The predicted octanol–water partition coefficient (Wildman–Crippen LogP) is 6.20. The summed E-state index contributed by atoms with van der Waals surface area (Å²) in [7, 11) is 1.24. The van der Waals surface area contributed by atoms with Crippen molar-refractivity contribution < 1.29 is 4.39 Å². The minimum atomic E-state index is -0.665. The van der Waals surface area contributed by atoms with Crippen LogP contribution in [0.4, 0.5) is 4.39 Å². The van der Waals surface area contributed by atoms with Crippen molar-refractivity contribution in [2.45, 2.75) is 16.7 Å². The van der Waals surface area contributed by atoms with Crippen LogP contribution in [0.1, 0.15) is 11.1 Å². The lowest BCUT2D eigenvalue weighted by Gasteiger charge is -2.24. The van der Waals surface area contributed by atoms with E-state index >= 15 is 0 Å². The van der Waals surface area contributed by atoms with Crippen LogP contribution in [0.25, 0.3) is 10.9 Å². The SMILES string of the molecule is Cn1c([SH](Cc2ccccc2)Cc2ccccc2)nc2cccc(F)c2c1=S. The van der Waals surface area contributed by atoms with Gasteiger partial charge in [0, 0.05) is 18.6 Å². The van der Waals surface area contributed by atoms with Gasteiger partial charge in [-0.1, -0.05) is 78.9 Å². The van der Waals surface area contributed by atoms with Crippen LogP contribution in [0.5, 0.6) is 0 Å². The quantitative estimate of drug-likeness (QED) is 0.241. The molecule has 0 aliphatic heterocycles. The lowest BCUT2D eigenvalue weighted by atomic mass is 10.2. The highest BCUT2D eigenvalue weighted by Gasteiger charge is 2.17. The minimum absolute atomic E-state index is 0.312. The number of rotatable bonds is 5. The molecule has 0 unspecified atom stereocenters. The van der Waals surface area contributed by atoms with Gasteiger partial charge in [0.15, 0.2) is 0 Å². The molecule has 5 heteroatoms. The smallest absolute Gasteiger partial charge is 0.149 e. The molecule has 0 saturated heterocycles. The summed E-state index contributed by atoms with van der Waals surface area (Å²) in [6, 6.07) is 25.9. The average molecular weight is 409 g/mol. The molecule has 4 rings (SSSR count). The molecule has 0 aliphatic carbocycles. The van der Waals surface area contributed by atoms with Crippen LogP contribution in [-0.2, 0) is 18.6 Å². The average Bonchev–Trinajstić information content (AvgIpc) is 2.72. The summed E-state index contributed by atoms with van der Waals surface area (Å²) in [5.41, 5.74) is 3.18. The molecular formula is C23H21FN2S2. The number of benzene rings is 3. The van der Waals surface area contributed by atoms with Gasteiger partial charge in [-0.15, -0.1) is 0 Å². The number of fused-ring (bicyclic) bond motifs is 1. The van der Waals surface area contributed by atoms with Gasteiger partial charge in [-0.05, 0) is 23.3 Å². The molecule has 0 N–H and O–H groups in total. The maximum Gasteiger partial charge on any atom is 0.149 e. The van der Waals surface area contributed by atoms with Crippen LogP contribution in [0.2, 0.25) is 0 Å². The first-order valence-electron chi connectivity index (χ1n) is 9.11. The first kappa shape index (κ1) is 18.8. The number of halogens is 1. The van der Waals surface area contributed by atoms with Gasteiger partial charge in [0.1, 0.15) is 15.6 Å². The Morgan fingerprint density at radius 1 is 0.857 bits per heavy atom. The first-order chi connectivity index (χ1) is 13.6. The normalized spacial score (nSPS) is 11.6. The second-order valence-corrected chi connectivity index (χ2v) is 9.24. The van der Waals surface area contributed by atoms with Crippen molar-refractivity contribution >= 4 is 34.0 Å². The maximum absolute atomic E-state index is 14.3. The van der Waals surface area contributed by atoms with Gasteiger partial charge < -0.3 is 4.57 Å². The van der Waals surface area contributed by atoms with Gasteiger partial charge in [0.05, 0.1) is 10.9 Å². The zero-order valence-corrected chi connectivity index (χ0v) is 17.3. The summed E-state index contributed by atoms with van der Waals surface area (Å²) >= 11 is 5.61. The number of thiol groups is 1. The molecule has 0 saturated carbocycles. The third-order valence-electron chi connectivity index (χ3n) is 4.75. The number of nitrogens with zero attached hydrogens (tertiary/aromatic N) is 2. The summed E-state index contributed by atoms with van der Waals surface area (Å²) < 4.78 is 16.7. The van der Waals surface area contributed by atoms with Gasteiger partial charge in [0.2, 0.25) is 0 Å². The molecule has 2 nitrogen and oxygen atoms in total. The molecule has 3 aromatic carbocycles. The minimum Gasteiger partial charge on any atom is -0.316 e. The van der Waals surface area contributed by atoms with E-state index < -0.39 is 10.9 Å². The van der Waals surface area contributed by atoms with E-state index in [-0.39, 0.29) is 5.82 Å². The highest BCUT2D eigenvalue weighted by molar-refractivity contribution is 8.15. The third kappa shape index (κ3) is 3.86. The molecule has 28 heavy (non-hydrogen) atoms. The fraction of sp³-hybridized carbons (Fsp3) is 0.130. The third-order valence-corrected chi connectivity index (χ3v) is 7.68. The van der Waals surface area contributed by atoms with Crippen LogP contribution in [-0.4, -0.2) is 9.55 Å². The summed E-state index contributed by atoms with van der Waals surface area (Å²) in [4.78, 5) is 4.87. The zero-order chi connectivity index (χ0) is 19.5. The Balaban J connectivity index is 1.83. The van der Waals surface area contributed by atoms with Gasteiger partial charge in [-0.2, -0.15) is 10.9 Å². The Bertz CT molecular complexity index is 1120. The molecule has 0 fully saturated rings. The Morgan fingerprint density at radius 3 is 2.00 bits per heavy atom. The first-order valence-corrected chi connectivity index (χ1v) is 11.2. The number of hydrogen-bond acceptors (Lipinski definition) is 2. The van der Waals surface area contributed by atoms with Crippen molar-refractivity contribution in [1.29, 1.82) is 0 Å². The van der Waals surface area contributed by atoms with Gasteiger partial charge in [0.25, 0.3) is 0 Å². The summed E-state index contributed by atoms with van der Waals surface area (Å²) in [5, 5.41) is 1.38. The van der Waals surface area contributed by atoms with Crippen LogP contribution >= 0.6 is 23.1 Å². The largest absolute Gasteiger partial charge is 0.316 e. The molecule has 0 spiro atoms. The molecule has 0 bridgehead atoms. The predicted molar refractivity (Wildman–Crippen MR) is 119 cm³/mol. The number of aromatic nitrogens is 2. The topological polar surface area (TPSA) is 17.8 Å². The van der Waals surface area contributed by atoms with Crippen LogP contribution in [0.3, 0.4) is 0 Å². The summed E-state index contributed by atoms with van der Waals surface area (Å²) in [5.74, 6) is 1.50. The zero-order valence-electron chi connectivity index (χ0n) is 15.5. The molecule has 4 aromatic rings. The van der Waals surface area contributed by atoms with Crippen molar-refractivity contribution in [2.75, 3.05) is 0 Å². The van der Waals surface area contributed by atoms with E-state index in [1.54, 1.807) is 6.07 Å².